The van der Waals surface area contributed by atoms with E-state index >= 15 is 0 Å². The first-order valence-corrected chi connectivity index (χ1v) is 7.61. The predicted octanol–water partition coefficient (Wildman–Crippen LogP) is 3.33. The van der Waals surface area contributed by atoms with Gasteiger partial charge in [-0.3, -0.25) is 0 Å². The number of benzene rings is 1. The van der Waals surface area contributed by atoms with E-state index in [4.69, 9.17) is 0 Å². The molecule has 1 aliphatic carbocycles. The highest BCUT2D eigenvalue weighted by molar-refractivity contribution is 5.44. The molecule has 2 nitrogen and oxygen atoms in total. The fourth-order valence-corrected chi connectivity index (χ4v) is 4.60. The molecule has 0 saturated carbocycles. The van der Waals surface area contributed by atoms with Gasteiger partial charge in [-0.05, 0) is 62.0 Å². The molecule has 2 aliphatic rings. The van der Waals surface area contributed by atoms with Crippen molar-refractivity contribution in [3.05, 3.63) is 29.3 Å². The molecule has 19 heavy (non-hydrogen) atoms. The first-order chi connectivity index (χ1) is 9.08. The van der Waals surface area contributed by atoms with Gasteiger partial charge >= 0.3 is 0 Å². The molecular formula is C17H25NO. The van der Waals surface area contributed by atoms with Crippen molar-refractivity contribution in [3.63, 3.8) is 0 Å². The summed E-state index contributed by atoms with van der Waals surface area (Å²) >= 11 is 0. The van der Waals surface area contributed by atoms with Crippen molar-refractivity contribution < 1.29 is 5.11 Å². The highest BCUT2D eigenvalue weighted by Crippen LogP contribution is 2.51. The Balaban J connectivity index is 2.15. The second-order valence-corrected chi connectivity index (χ2v) is 6.54. The molecule has 1 aromatic carbocycles. The molecule has 2 bridgehead atoms. The van der Waals surface area contributed by atoms with Gasteiger partial charge in [0.25, 0.3) is 0 Å². The van der Waals surface area contributed by atoms with E-state index in [1.807, 2.05) is 12.1 Å². The lowest BCUT2D eigenvalue weighted by Gasteiger charge is -2.55. The molecule has 0 amide bonds. The second-order valence-electron chi connectivity index (χ2n) is 6.54. The van der Waals surface area contributed by atoms with Crippen LogP contribution in [0.1, 0.15) is 44.2 Å². The zero-order valence-electron chi connectivity index (χ0n) is 12.3. The molecule has 1 aliphatic heterocycles. The van der Waals surface area contributed by atoms with Crippen LogP contribution in [-0.4, -0.2) is 29.6 Å². The summed E-state index contributed by atoms with van der Waals surface area (Å²) in [7, 11) is 2.27. The summed E-state index contributed by atoms with van der Waals surface area (Å²) < 4.78 is 0. The summed E-state index contributed by atoms with van der Waals surface area (Å²) in [5.41, 5.74) is 3.19. The topological polar surface area (TPSA) is 23.5 Å². The first kappa shape index (κ1) is 13.0. The molecule has 1 saturated heterocycles. The molecular weight excluding hydrogens is 234 g/mol. The maximum atomic E-state index is 9.90. The van der Waals surface area contributed by atoms with Gasteiger partial charge in [-0.25, -0.2) is 0 Å². The molecule has 1 N–H and O–H groups in total. The van der Waals surface area contributed by atoms with Crippen molar-refractivity contribution in [2.45, 2.75) is 51.0 Å². The van der Waals surface area contributed by atoms with Gasteiger partial charge in [0.1, 0.15) is 5.75 Å². The number of piperidine rings is 1. The third-order valence-corrected chi connectivity index (χ3v) is 5.68. The van der Waals surface area contributed by atoms with E-state index in [1.54, 1.807) is 0 Å². The van der Waals surface area contributed by atoms with E-state index < -0.39 is 0 Å². The van der Waals surface area contributed by atoms with Crippen LogP contribution in [-0.2, 0) is 11.8 Å². The molecule has 0 aromatic heterocycles. The standard InChI is InChI=1S/C17H25NO/c1-4-7-17-8-9-18(3)16(12(17)2)10-13-5-6-14(19)11-15(13)17/h5-6,11-12,16,19H,4,7-10H2,1-3H3/t12?,16-,17-/m1/s1. The normalized spacial score (nSPS) is 34.1. The van der Waals surface area contributed by atoms with Gasteiger partial charge in [-0.2, -0.15) is 0 Å². The first-order valence-electron chi connectivity index (χ1n) is 7.61. The third kappa shape index (κ3) is 1.80. The van der Waals surface area contributed by atoms with E-state index in [0.717, 1.165) is 6.42 Å². The van der Waals surface area contributed by atoms with E-state index in [2.05, 4.69) is 31.9 Å². The van der Waals surface area contributed by atoms with Crippen LogP contribution in [0.15, 0.2) is 18.2 Å². The van der Waals surface area contributed by atoms with E-state index in [0.29, 0.717) is 17.7 Å². The molecule has 3 rings (SSSR count). The second kappa shape index (κ2) is 4.52. The Morgan fingerprint density at radius 3 is 2.95 bits per heavy atom. The highest BCUT2D eigenvalue weighted by atomic mass is 16.3. The van der Waals surface area contributed by atoms with Gasteiger partial charge in [0.15, 0.2) is 0 Å². The van der Waals surface area contributed by atoms with Gasteiger partial charge in [0.05, 0.1) is 0 Å². The Morgan fingerprint density at radius 2 is 2.21 bits per heavy atom. The minimum atomic E-state index is 0.290. The number of hydrogen-bond acceptors (Lipinski definition) is 2. The molecule has 2 heteroatoms. The maximum Gasteiger partial charge on any atom is 0.115 e. The van der Waals surface area contributed by atoms with Gasteiger partial charge in [-0.15, -0.1) is 0 Å². The number of hydrogen-bond donors (Lipinski definition) is 1. The summed E-state index contributed by atoms with van der Waals surface area (Å²) in [6.07, 6.45) is 4.83. The lowest BCUT2D eigenvalue weighted by molar-refractivity contribution is 0.0354. The molecule has 0 radical (unpaired) electrons. The van der Waals surface area contributed by atoms with Crippen molar-refractivity contribution in [3.8, 4) is 5.75 Å². The largest absolute Gasteiger partial charge is 0.508 e. The van der Waals surface area contributed by atoms with E-state index in [9.17, 15) is 5.11 Å². The van der Waals surface area contributed by atoms with Crippen molar-refractivity contribution in [2.75, 3.05) is 13.6 Å². The van der Waals surface area contributed by atoms with Crippen LogP contribution in [0, 0.1) is 5.92 Å². The molecule has 1 aromatic rings. The zero-order valence-corrected chi connectivity index (χ0v) is 12.3. The zero-order chi connectivity index (χ0) is 13.6. The molecule has 1 fully saturated rings. The number of fused-ring (bicyclic) bond motifs is 4. The Hall–Kier alpha value is -1.02. The molecule has 3 atom stereocenters. The Kier molecular flexibility index (Phi) is 3.09. The Bertz CT molecular complexity index is 484. The quantitative estimate of drug-likeness (QED) is 0.880. The van der Waals surface area contributed by atoms with Crippen molar-refractivity contribution >= 4 is 0 Å². The summed E-state index contributed by atoms with van der Waals surface area (Å²) in [6.45, 7) is 5.89. The fourth-order valence-electron chi connectivity index (χ4n) is 4.60. The number of phenols is 1. The van der Waals surface area contributed by atoms with Gasteiger partial charge < -0.3 is 10.0 Å². The average Bonchev–Trinajstić information content (AvgIpc) is 2.38. The van der Waals surface area contributed by atoms with Crippen LogP contribution in [0.4, 0.5) is 0 Å². The van der Waals surface area contributed by atoms with Crippen LogP contribution in [0.25, 0.3) is 0 Å². The van der Waals surface area contributed by atoms with E-state index in [-0.39, 0.29) is 5.41 Å². The molecule has 0 spiro atoms. The van der Waals surface area contributed by atoms with Crippen molar-refractivity contribution in [1.82, 2.24) is 4.90 Å². The van der Waals surface area contributed by atoms with Crippen LogP contribution in [0.2, 0.25) is 0 Å². The number of likely N-dealkylation sites (tertiary alicyclic amines) is 1. The van der Waals surface area contributed by atoms with E-state index in [1.165, 1.54) is 36.9 Å². The van der Waals surface area contributed by atoms with Crippen molar-refractivity contribution in [2.24, 2.45) is 5.92 Å². The minimum Gasteiger partial charge on any atom is -0.508 e. The molecule has 104 valence electrons. The van der Waals surface area contributed by atoms with Crippen LogP contribution >= 0.6 is 0 Å². The number of aromatic hydroxyl groups is 1. The summed E-state index contributed by atoms with van der Waals surface area (Å²) in [5.74, 6) is 1.11. The third-order valence-electron chi connectivity index (χ3n) is 5.68. The summed E-state index contributed by atoms with van der Waals surface area (Å²) in [5, 5.41) is 9.90. The number of likely N-dealkylation sites (N-methyl/N-ethyl adjacent to an activating group) is 1. The number of nitrogens with zero attached hydrogens (tertiary/aromatic N) is 1. The fraction of sp³-hybridized carbons (Fsp3) is 0.647. The van der Waals surface area contributed by atoms with Crippen LogP contribution in [0.3, 0.4) is 0 Å². The van der Waals surface area contributed by atoms with Crippen LogP contribution in [0.5, 0.6) is 5.75 Å². The molecule has 1 heterocycles. The monoisotopic (exact) mass is 259 g/mol. The van der Waals surface area contributed by atoms with Crippen molar-refractivity contribution in [1.29, 1.82) is 0 Å². The maximum absolute atomic E-state index is 9.90. The SMILES string of the molecule is CCC[C@]12CCN(C)[C@H](Cc3ccc(O)cc31)C2C. The summed E-state index contributed by atoms with van der Waals surface area (Å²) in [4.78, 5) is 2.54. The predicted molar refractivity (Wildman–Crippen MR) is 78.6 cm³/mol. The minimum absolute atomic E-state index is 0.290. The lowest BCUT2D eigenvalue weighted by atomic mass is 9.56. The smallest absolute Gasteiger partial charge is 0.115 e. The highest BCUT2D eigenvalue weighted by Gasteiger charge is 2.49. The van der Waals surface area contributed by atoms with Gasteiger partial charge in [-0.1, -0.05) is 26.3 Å². The number of rotatable bonds is 2. The lowest BCUT2D eigenvalue weighted by Crippen LogP contribution is -2.57. The van der Waals surface area contributed by atoms with Gasteiger partial charge in [0, 0.05) is 11.5 Å². The Labute approximate surface area is 116 Å². The van der Waals surface area contributed by atoms with Gasteiger partial charge in [0.2, 0.25) is 0 Å². The summed E-state index contributed by atoms with van der Waals surface area (Å²) in [6, 6.07) is 6.71. The average molecular weight is 259 g/mol. The molecule has 1 unspecified atom stereocenters. The van der Waals surface area contributed by atoms with Crippen LogP contribution < -0.4 is 0 Å². The number of phenolic OH excluding ortho intramolecular Hbond substituents is 1. The Morgan fingerprint density at radius 1 is 1.42 bits per heavy atom.